The van der Waals surface area contributed by atoms with Crippen LogP contribution >= 0.6 is 0 Å². The Hall–Kier alpha value is -1.61. The minimum atomic E-state index is 0.817. The van der Waals surface area contributed by atoms with E-state index < -0.39 is 0 Å². The fourth-order valence-corrected chi connectivity index (χ4v) is 3.81. The van der Waals surface area contributed by atoms with Crippen LogP contribution in [0.1, 0.15) is 37.2 Å². The molecule has 1 aliphatic heterocycles. The molecule has 3 heteroatoms. The van der Waals surface area contributed by atoms with Gasteiger partial charge in [0.2, 0.25) is 0 Å². The average Bonchev–Trinajstić information content (AvgIpc) is 2.77. The highest BCUT2D eigenvalue weighted by Gasteiger charge is 2.21. The molecule has 2 aromatic rings. The molecule has 0 saturated carbocycles. The summed E-state index contributed by atoms with van der Waals surface area (Å²) in [7, 11) is 0. The van der Waals surface area contributed by atoms with E-state index in [1.54, 1.807) is 0 Å². The standard InChI is InChI=1S/C19H27N3/c1-14-9-15(2)12-21(11-14)13-18-5-7-19(8-6-18)22-17(4)10-16(3)20-22/h5-8,10,14-15H,9,11-13H2,1-4H3/t14-,15-/m1/s1. The average molecular weight is 297 g/mol. The molecule has 3 rings (SSSR count). The summed E-state index contributed by atoms with van der Waals surface area (Å²) in [6, 6.07) is 11.0. The summed E-state index contributed by atoms with van der Waals surface area (Å²) in [6.45, 7) is 12.4. The zero-order valence-corrected chi connectivity index (χ0v) is 14.2. The molecule has 2 atom stereocenters. The zero-order valence-electron chi connectivity index (χ0n) is 14.2. The number of likely N-dealkylation sites (tertiary alicyclic amines) is 1. The lowest BCUT2D eigenvalue weighted by Gasteiger charge is -2.35. The third-order valence-electron chi connectivity index (χ3n) is 4.54. The number of rotatable bonds is 3. The zero-order chi connectivity index (χ0) is 15.7. The summed E-state index contributed by atoms with van der Waals surface area (Å²) >= 11 is 0. The maximum absolute atomic E-state index is 4.55. The molecule has 0 bridgehead atoms. The topological polar surface area (TPSA) is 21.1 Å². The third kappa shape index (κ3) is 3.41. The molecule has 1 fully saturated rings. The molecule has 1 aromatic heterocycles. The SMILES string of the molecule is Cc1cc(C)n(-c2ccc(CN3C[C@H](C)C[C@@H](C)C3)cc2)n1. The first-order chi connectivity index (χ1) is 10.5. The Kier molecular flexibility index (Phi) is 4.34. The molecule has 22 heavy (non-hydrogen) atoms. The van der Waals surface area contributed by atoms with E-state index in [0.717, 1.165) is 29.8 Å². The van der Waals surface area contributed by atoms with E-state index in [1.807, 2.05) is 11.6 Å². The van der Waals surface area contributed by atoms with Gasteiger partial charge < -0.3 is 0 Å². The first-order valence-electron chi connectivity index (χ1n) is 8.36. The summed E-state index contributed by atoms with van der Waals surface area (Å²) in [4.78, 5) is 2.59. The predicted molar refractivity (Wildman–Crippen MR) is 91.3 cm³/mol. The Labute approximate surface area is 133 Å². The van der Waals surface area contributed by atoms with Gasteiger partial charge in [-0.2, -0.15) is 5.10 Å². The monoisotopic (exact) mass is 297 g/mol. The minimum Gasteiger partial charge on any atom is -0.299 e. The molecular weight excluding hydrogens is 270 g/mol. The van der Waals surface area contributed by atoms with E-state index in [2.05, 4.69) is 61.1 Å². The maximum Gasteiger partial charge on any atom is 0.0648 e. The second-order valence-corrected chi connectivity index (χ2v) is 7.15. The van der Waals surface area contributed by atoms with Crippen LogP contribution in [0.4, 0.5) is 0 Å². The Balaban J connectivity index is 1.70. The lowest BCUT2D eigenvalue weighted by atomic mass is 9.91. The number of piperidine rings is 1. The summed E-state index contributed by atoms with van der Waals surface area (Å²) in [5.74, 6) is 1.63. The molecule has 2 heterocycles. The highest BCUT2D eigenvalue weighted by atomic mass is 15.3. The van der Waals surface area contributed by atoms with Crippen LogP contribution in [-0.2, 0) is 6.54 Å². The molecule has 0 aliphatic carbocycles. The largest absolute Gasteiger partial charge is 0.299 e. The van der Waals surface area contributed by atoms with Gasteiger partial charge in [-0.3, -0.25) is 4.90 Å². The van der Waals surface area contributed by atoms with Crippen molar-refractivity contribution in [3.05, 3.63) is 47.3 Å². The summed E-state index contributed by atoms with van der Waals surface area (Å²) in [5.41, 5.74) is 4.79. The number of benzene rings is 1. The molecule has 1 saturated heterocycles. The van der Waals surface area contributed by atoms with Crippen LogP contribution in [0.5, 0.6) is 0 Å². The molecule has 1 aliphatic rings. The van der Waals surface area contributed by atoms with Gasteiger partial charge >= 0.3 is 0 Å². The van der Waals surface area contributed by atoms with Crippen LogP contribution in [-0.4, -0.2) is 27.8 Å². The number of aromatic nitrogens is 2. The van der Waals surface area contributed by atoms with Crippen molar-refractivity contribution in [2.75, 3.05) is 13.1 Å². The van der Waals surface area contributed by atoms with Crippen molar-refractivity contribution < 1.29 is 0 Å². The molecule has 0 unspecified atom stereocenters. The van der Waals surface area contributed by atoms with Gasteiger partial charge in [0.1, 0.15) is 0 Å². The first-order valence-corrected chi connectivity index (χ1v) is 8.36. The number of nitrogens with zero attached hydrogens (tertiary/aromatic N) is 3. The van der Waals surface area contributed by atoms with Crippen molar-refractivity contribution >= 4 is 0 Å². The normalized spacial score (nSPS) is 22.9. The van der Waals surface area contributed by atoms with Crippen LogP contribution in [0, 0.1) is 25.7 Å². The molecular formula is C19H27N3. The van der Waals surface area contributed by atoms with Crippen molar-refractivity contribution in [2.24, 2.45) is 11.8 Å². The van der Waals surface area contributed by atoms with Crippen molar-refractivity contribution in [3.8, 4) is 5.69 Å². The predicted octanol–water partition coefficient (Wildman–Crippen LogP) is 3.97. The Morgan fingerprint density at radius 3 is 2.23 bits per heavy atom. The number of aryl methyl sites for hydroxylation is 2. The second kappa shape index (κ2) is 6.25. The van der Waals surface area contributed by atoms with Gasteiger partial charge in [-0.05, 0) is 55.9 Å². The van der Waals surface area contributed by atoms with Crippen molar-refractivity contribution in [3.63, 3.8) is 0 Å². The van der Waals surface area contributed by atoms with Crippen LogP contribution < -0.4 is 0 Å². The van der Waals surface area contributed by atoms with Crippen LogP contribution in [0.25, 0.3) is 5.69 Å². The van der Waals surface area contributed by atoms with Crippen LogP contribution in [0.3, 0.4) is 0 Å². The van der Waals surface area contributed by atoms with Gasteiger partial charge in [-0.1, -0.05) is 26.0 Å². The highest BCUT2D eigenvalue weighted by Crippen LogP contribution is 2.23. The second-order valence-electron chi connectivity index (χ2n) is 7.15. The highest BCUT2D eigenvalue weighted by molar-refractivity contribution is 5.36. The number of hydrogen-bond acceptors (Lipinski definition) is 2. The van der Waals surface area contributed by atoms with Crippen molar-refractivity contribution in [1.29, 1.82) is 0 Å². The van der Waals surface area contributed by atoms with Crippen molar-refractivity contribution in [2.45, 2.75) is 40.7 Å². The molecule has 0 spiro atoms. The maximum atomic E-state index is 4.55. The first kappa shape index (κ1) is 15.3. The molecule has 0 amide bonds. The quantitative estimate of drug-likeness (QED) is 0.855. The van der Waals surface area contributed by atoms with E-state index >= 15 is 0 Å². The fraction of sp³-hybridized carbons (Fsp3) is 0.526. The van der Waals surface area contributed by atoms with E-state index in [1.165, 1.54) is 30.8 Å². The summed E-state index contributed by atoms with van der Waals surface area (Å²) in [6.07, 6.45) is 1.37. The van der Waals surface area contributed by atoms with Gasteiger partial charge in [0.05, 0.1) is 11.4 Å². The molecule has 1 aromatic carbocycles. The summed E-state index contributed by atoms with van der Waals surface area (Å²) < 4.78 is 2.02. The van der Waals surface area contributed by atoms with Gasteiger partial charge in [0.25, 0.3) is 0 Å². The molecule has 0 N–H and O–H groups in total. The Morgan fingerprint density at radius 2 is 1.68 bits per heavy atom. The van der Waals surface area contributed by atoms with Gasteiger partial charge in [-0.25, -0.2) is 4.68 Å². The lowest BCUT2D eigenvalue weighted by molar-refractivity contribution is 0.134. The van der Waals surface area contributed by atoms with Crippen molar-refractivity contribution in [1.82, 2.24) is 14.7 Å². The van der Waals surface area contributed by atoms with Gasteiger partial charge in [-0.15, -0.1) is 0 Å². The molecule has 3 nitrogen and oxygen atoms in total. The third-order valence-corrected chi connectivity index (χ3v) is 4.54. The van der Waals surface area contributed by atoms with Gasteiger partial charge in [0.15, 0.2) is 0 Å². The fourth-order valence-electron chi connectivity index (χ4n) is 3.81. The Morgan fingerprint density at radius 1 is 1.05 bits per heavy atom. The van der Waals surface area contributed by atoms with Gasteiger partial charge in [0, 0.05) is 25.3 Å². The van der Waals surface area contributed by atoms with E-state index in [4.69, 9.17) is 0 Å². The van der Waals surface area contributed by atoms with E-state index in [0.29, 0.717) is 0 Å². The smallest absolute Gasteiger partial charge is 0.0648 e. The van der Waals surface area contributed by atoms with E-state index in [-0.39, 0.29) is 0 Å². The number of hydrogen-bond donors (Lipinski definition) is 0. The Bertz CT molecular complexity index is 617. The molecule has 0 radical (unpaired) electrons. The molecule has 118 valence electrons. The lowest BCUT2D eigenvalue weighted by Crippen LogP contribution is -2.38. The minimum absolute atomic E-state index is 0.817. The van der Waals surface area contributed by atoms with Crippen LogP contribution in [0.15, 0.2) is 30.3 Å². The summed E-state index contributed by atoms with van der Waals surface area (Å²) in [5, 5.41) is 4.55. The van der Waals surface area contributed by atoms with E-state index in [9.17, 15) is 0 Å². The van der Waals surface area contributed by atoms with Crippen LogP contribution in [0.2, 0.25) is 0 Å².